The molecule has 0 spiro atoms. The number of esters is 3. The van der Waals surface area contributed by atoms with E-state index < -0.39 is 91.5 Å². The van der Waals surface area contributed by atoms with Crippen molar-refractivity contribution in [1.82, 2.24) is 0 Å². The second-order valence-corrected chi connectivity index (χ2v) is 24.4. The maximum atomic E-state index is 12.9. The van der Waals surface area contributed by atoms with Crippen LogP contribution in [0.5, 0.6) is 0 Å². The van der Waals surface area contributed by atoms with Crippen LogP contribution in [0.1, 0.15) is 252 Å². The zero-order valence-corrected chi connectivity index (χ0v) is 54.5. The Bertz CT molecular complexity index is 1940. The summed E-state index contributed by atoms with van der Waals surface area (Å²) in [5.41, 5.74) is 0. The zero-order chi connectivity index (χ0) is 62.4. The van der Waals surface area contributed by atoms with Gasteiger partial charge in [0.05, 0.1) is 26.4 Å². The molecule has 0 aromatic rings. The van der Waals surface area contributed by atoms with Crippen molar-refractivity contribution < 1.29 is 75.8 Å². The Kier molecular flexibility index (Phi) is 58.2. The highest BCUT2D eigenvalue weighted by atomic mass is 31.2. The Balaban J connectivity index is 4.67. The molecular weight excluding hydrogens is 1120 g/mol. The largest absolute Gasteiger partial charge is 0.472 e. The van der Waals surface area contributed by atoms with Crippen molar-refractivity contribution >= 4 is 33.6 Å². The van der Waals surface area contributed by atoms with Crippen LogP contribution in [0.25, 0.3) is 0 Å². The molecule has 5 unspecified atom stereocenters. The summed E-state index contributed by atoms with van der Waals surface area (Å²) in [6.07, 6.45) is 64.6. The van der Waals surface area contributed by atoms with Crippen molar-refractivity contribution in [1.29, 1.82) is 0 Å². The second-order valence-electron chi connectivity index (χ2n) is 21.5. The quantitative estimate of drug-likeness (QED) is 0.0146. The van der Waals surface area contributed by atoms with E-state index in [1.54, 1.807) is 0 Å². The first-order valence-electron chi connectivity index (χ1n) is 32.5. The summed E-state index contributed by atoms with van der Waals surface area (Å²) in [5.74, 6) is -1.62. The molecule has 0 bridgehead atoms. The van der Waals surface area contributed by atoms with Gasteiger partial charge < -0.3 is 34.2 Å². The minimum atomic E-state index is -4.93. The van der Waals surface area contributed by atoms with Gasteiger partial charge in [-0.05, 0) is 116 Å². The molecule has 0 saturated carbocycles. The molecule has 0 aliphatic heterocycles. The highest BCUT2D eigenvalue weighted by Gasteiger charge is 2.29. The van der Waals surface area contributed by atoms with Crippen LogP contribution >= 0.6 is 15.6 Å². The number of phosphoric acid groups is 2. The number of rotatable bonds is 61. The first-order valence-corrected chi connectivity index (χ1v) is 35.5. The molecule has 5 atom stereocenters. The summed E-state index contributed by atoms with van der Waals surface area (Å²) >= 11 is 0. The van der Waals surface area contributed by atoms with Crippen LogP contribution < -0.4 is 0 Å². The number of allylic oxidation sites excluding steroid dienone is 16. The van der Waals surface area contributed by atoms with Gasteiger partial charge in [0.1, 0.15) is 25.4 Å². The van der Waals surface area contributed by atoms with E-state index in [1.165, 1.54) is 25.7 Å². The molecule has 0 aromatic carbocycles. The van der Waals surface area contributed by atoms with Crippen LogP contribution in [0, 0.1) is 0 Å². The molecule has 0 saturated heterocycles. The van der Waals surface area contributed by atoms with Crippen molar-refractivity contribution in [3.63, 3.8) is 0 Å². The van der Waals surface area contributed by atoms with Gasteiger partial charge in [-0.2, -0.15) is 0 Å². The number of ether oxygens (including phenoxy) is 3. The summed E-state index contributed by atoms with van der Waals surface area (Å²) in [4.78, 5) is 58.2. The number of aliphatic hydroxyl groups excluding tert-OH is 2. The van der Waals surface area contributed by atoms with Crippen LogP contribution in [0.2, 0.25) is 0 Å². The lowest BCUT2D eigenvalue weighted by Crippen LogP contribution is -2.30. The van der Waals surface area contributed by atoms with Crippen LogP contribution in [0.4, 0.5) is 0 Å². The van der Waals surface area contributed by atoms with E-state index in [1.807, 2.05) is 0 Å². The van der Waals surface area contributed by atoms with E-state index in [4.69, 9.17) is 32.3 Å². The predicted molar refractivity (Wildman–Crippen MR) is 344 cm³/mol. The van der Waals surface area contributed by atoms with E-state index >= 15 is 0 Å². The molecule has 16 nitrogen and oxygen atoms in total. The normalized spacial score (nSPS) is 15.0. The van der Waals surface area contributed by atoms with Crippen molar-refractivity contribution in [3.8, 4) is 0 Å². The molecule has 0 radical (unpaired) electrons. The number of carbonyl (C=O) groups is 3. The van der Waals surface area contributed by atoms with Gasteiger partial charge in [-0.15, -0.1) is 0 Å². The Labute approximate surface area is 514 Å². The molecule has 4 N–H and O–H groups in total. The molecule has 0 aliphatic rings. The van der Waals surface area contributed by atoms with Crippen molar-refractivity contribution in [2.45, 2.75) is 270 Å². The number of aliphatic hydroxyl groups is 2. The molecule has 0 aromatic heterocycles. The van der Waals surface area contributed by atoms with E-state index in [-0.39, 0.29) is 19.3 Å². The first-order chi connectivity index (χ1) is 41.2. The number of unbranched alkanes of at least 4 members (excludes halogenated alkanes) is 22. The van der Waals surface area contributed by atoms with E-state index in [9.17, 15) is 43.5 Å². The van der Waals surface area contributed by atoms with Gasteiger partial charge in [-0.1, -0.05) is 214 Å². The van der Waals surface area contributed by atoms with E-state index in [2.05, 4.69) is 118 Å². The maximum Gasteiger partial charge on any atom is 0.472 e. The van der Waals surface area contributed by atoms with Gasteiger partial charge in [0.15, 0.2) is 6.10 Å². The zero-order valence-electron chi connectivity index (χ0n) is 52.8. The molecular formula is C67H116O16P2. The number of hydrogen-bond acceptors (Lipinski definition) is 14. The molecule has 18 heteroatoms. The van der Waals surface area contributed by atoms with Crippen molar-refractivity contribution in [3.05, 3.63) is 97.2 Å². The maximum absolute atomic E-state index is 12.9. The predicted octanol–water partition coefficient (Wildman–Crippen LogP) is 17.5. The van der Waals surface area contributed by atoms with Gasteiger partial charge in [-0.3, -0.25) is 32.5 Å². The highest BCUT2D eigenvalue weighted by molar-refractivity contribution is 7.47. The molecule has 0 rings (SSSR count). The van der Waals surface area contributed by atoms with E-state index in [0.717, 1.165) is 167 Å². The third-order valence-electron chi connectivity index (χ3n) is 13.2. The lowest BCUT2D eigenvalue weighted by atomic mass is 10.1. The number of carbonyl (C=O) groups excluding carboxylic acids is 3. The van der Waals surface area contributed by atoms with Gasteiger partial charge in [0.2, 0.25) is 0 Å². The third kappa shape index (κ3) is 61.9. The van der Waals surface area contributed by atoms with Gasteiger partial charge in [0.25, 0.3) is 0 Å². The molecule has 490 valence electrons. The Morgan fingerprint density at radius 1 is 0.341 bits per heavy atom. The fourth-order valence-electron chi connectivity index (χ4n) is 8.27. The van der Waals surface area contributed by atoms with Gasteiger partial charge in [-0.25, -0.2) is 9.13 Å². The lowest BCUT2D eigenvalue weighted by molar-refractivity contribution is -0.161. The number of hydrogen-bond donors (Lipinski definition) is 4. The van der Waals surface area contributed by atoms with Crippen LogP contribution in [-0.2, 0) is 55.8 Å². The molecule has 0 amide bonds. The summed E-state index contributed by atoms with van der Waals surface area (Å²) in [7, 11) is -9.78. The minimum Gasteiger partial charge on any atom is -0.463 e. The second kappa shape index (κ2) is 60.7. The van der Waals surface area contributed by atoms with Crippen molar-refractivity contribution in [2.75, 3.05) is 39.6 Å². The van der Waals surface area contributed by atoms with E-state index in [0.29, 0.717) is 19.3 Å². The monoisotopic (exact) mass is 1240 g/mol. The minimum absolute atomic E-state index is 0.0844. The summed E-state index contributed by atoms with van der Waals surface area (Å²) in [5, 5.41) is 20.5. The first kappa shape index (κ1) is 81.5. The van der Waals surface area contributed by atoms with Gasteiger partial charge >= 0.3 is 33.6 Å². The topological polar surface area (TPSA) is 231 Å². The molecule has 0 heterocycles. The molecule has 85 heavy (non-hydrogen) atoms. The van der Waals surface area contributed by atoms with Crippen molar-refractivity contribution in [2.24, 2.45) is 0 Å². The van der Waals surface area contributed by atoms with Crippen LogP contribution in [0.3, 0.4) is 0 Å². The van der Waals surface area contributed by atoms with Crippen LogP contribution in [0.15, 0.2) is 97.2 Å². The van der Waals surface area contributed by atoms with Gasteiger partial charge in [0, 0.05) is 19.3 Å². The lowest BCUT2D eigenvalue weighted by Gasteiger charge is -2.21. The Morgan fingerprint density at radius 2 is 0.647 bits per heavy atom. The average molecular weight is 1240 g/mol. The molecule has 0 aliphatic carbocycles. The summed E-state index contributed by atoms with van der Waals surface area (Å²) in [6, 6.07) is 0. The van der Waals surface area contributed by atoms with Crippen LogP contribution in [-0.4, -0.2) is 95.9 Å². The summed E-state index contributed by atoms with van der Waals surface area (Å²) in [6.45, 7) is 2.41. The fraction of sp³-hybridized carbons (Fsp3) is 0.716. The third-order valence-corrected chi connectivity index (χ3v) is 15.1. The fourth-order valence-corrected chi connectivity index (χ4v) is 9.86. The SMILES string of the molecule is CC/C=C\C/C=C\C/C=C\CCCCCCCCCC(=O)OCC(COP(=O)(O)OCC(O)COP(=O)(O)OCC(O)COC(=O)CCCCCCCC/C=C\C/C=C\C/C=C\CCCCC)OC(=O)CCCCCCC/C=C\C/C=C\CCC. The Hall–Kier alpha value is -3.53. The average Bonchev–Trinajstić information content (AvgIpc) is 3.51. The summed E-state index contributed by atoms with van der Waals surface area (Å²) < 4.78 is 60.7. The molecule has 0 fully saturated rings. The standard InChI is InChI=1S/C67H116O16P2/c1-4-7-10-13-16-19-22-25-27-29-30-32-34-36-38-41-44-47-50-53-65(70)77-56-62(68)57-79-84(73,74)80-58-63(69)59-81-85(75,76)82-61-64(83-67(72)55-52-49-46-43-40-35-24-21-18-15-12-9-6-3)60-78-66(71)54-51-48-45-42-39-37-33-31-28-26-23-20-17-14-11-8-5-2/h8,11-12,15-17,19-21,24-28,30,32,62-64,68-69H,4-7,9-10,13-14,18,22-23,29,31,33-61H2,1-3H3,(H,73,74)(H,75,76)/b11-8-,15-12-,19-16-,20-17-,24-21-,27-25-,28-26-,32-30-. The highest BCUT2D eigenvalue weighted by Crippen LogP contribution is 2.45. The smallest absolute Gasteiger partial charge is 0.463 e. The Morgan fingerprint density at radius 3 is 1.04 bits per heavy atom. The number of phosphoric ester groups is 2.